The van der Waals surface area contributed by atoms with Crippen LogP contribution < -0.4 is 5.32 Å². The van der Waals surface area contributed by atoms with Gasteiger partial charge in [-0.05, 0) is 55.0 Å². The molecule has 5 nitrogen and oxygen atoms in total. The number of carbonyl (C=O) groups is 1. The van der Waals surface area contributed by atoms with Crippen LogP contribution in [0.2, 0.25) is 0 Å². The Morgan fingerprint density at radius 3 is 2.50 bits per heavy atom. The number of piperidine rings is 1. The van der Waals surface area contributed by atoms with E-state index in [-0.39, 0.29) is 30.2 Å². The molecular weight excluding hydrogens is 474 g/mol. The average molecular weight is 504 g/mol. The fraction of sp³-hybridized carbons (Fsp3) is 0.481. The zero-order valence-electron chi connectivity index (χ0n) is 20.1. The lowest BCUT2D eigenvalue weighted by atomic mass is 9.76. The lowest BCUT2D eigenvalue weighted by molar-refractivity contribution is -0.137. The van der Waals surface area contributed by atoms with Crippen molar-refractivity contribution in [1.29, 1.82) is 5.26 Å². The average Bonchev–Trinajstić information content (AvgIpc) is 3.33. The second-order valence-corrected chi connectivity index (χ2v) is 9.64. The Bertz CT molecular complexity index is 1120. The van der Waals surface area contributed by atoms with Crippen LogP contribution in [0.4, 0.5) is 17.6 Å². The highest BCUT2D eigenvalue weighted by molar-refractivity contribution is 5.79. The number of alkyl halides is 4. The van der Waals surface area contributed by atoms with Gasteiger partial charge in [-0.1, -0.05) is 36.4 Å². The summed E-state index contributed by atoms with van der Waals surface area (Å²) in [4.78, 5) is 14.1. The van der Waals surface area contributed by atoms with E-state index in [1.807, 2.05) is 30.3 Å². The van der Waals surface area contributed by atoms with Crippen LogP contribution in [0, 0.1) is 11.3 Å². The zero-order valence-corrected chi connectivity index (χ0v) is 20.1. The van der Waals surface area contributed by atoms with Crippen LogP contribution in [0.15, 0.2) is 48.5 Å². The summed E-state index contributed by atoms with van der Waals surface area (Å²) in [5, 5.41) is 13.5. The monoisotopic (exact) mass is 503 g/mol. The number of likely N-dealkylation sites (tertiary alicyclic amines) is 1. The predicted octanol–water partition coefficient (Wildman–Crippen LogP) is 5.42. The lowest BCUT2D eigenvalue weighted by Crippen LogP contribution is -2.64. The van der Waals surface area contributed by atoms with Crippen LogP contribution in [-0.2, 0) is 27.9 Å². The molecule has 2 aromatic rings. The number of benzene rings is 2. The summed E-state index contributed by atoms with van der Waals surface area (Å²) < 4.78 is 59.4. The van der Waals surface area contributed by atoms with E-state index >= 15 is 0 Å². The van der Waals surface area contributed by atoms with Gasteiger partial charge in [0.25, 0.3) is 0 Å². The minimum Gasteiger partial charge on any atom is -0.372 e. The van der Waals surface area contributed by atoms with Crippen molar-refractivity contribution in [1.82, 2.24) is 10.2 Å². The van der Waals surface area contributed by atoms with Gasteiger partial charge in [0.2, 0.25) is 5.91 Å². The van der Waals surface area contributed by atoms with E-state index < -0.39 is 35.6 Å². The fourth-order valence-electron chi connectivity index (χ4n) is 5.17. The molecule has 2 aromatic carbocycles. The molecule has 0 saturated carbocycles. The third-order valence-corrected chi connectivity index (χ3v) is 7.36. The van der Waals surface area contributed by atoms with Gasteiger partial charge in [0, 0.05) is 19.5 Å². The first-order chi connectivity index (χ1) is 17.1. The van der Waals surface area contributed by atoms with Crippen molar-refractivity contribution in [3.05, 3.63) is 70.8 Å². The van der Waals surface area contributed by atoms with Crippen LogP contribution >= 0.6 is 0 Å². The van der Waals surface area contributed by atoms with Gasteiger partial charge >= 0.3 is 6.18 Å². The van der Waals surface area contributed by atoms with Crippen LogP contribution in [0.1, 0.15) is 61.0 Å². The minimum absolute atomic E-state index is 0.0244. The van der Waals surface area contributed by atoms with E-state index in [4.69, 9.17) is 4.74 Å². The third-order valence-electron chi connectivity index (χ3n) is 7.36. The summed E-state index contributed by atoms with van der Waals surface area (Å²) in [5.74, 6) is -0.0244. The van der Waals surface area contributed by atoms with E-state index in [2.05, 4.69) is 11.4 Å². The summed E-state index contributed by atoms with van der Waals surface area (Å²) in [6.07, 6.45) is -3.24. The molecule has 0 aliphatic carbocycles. The van der Waals surface area contributed by atoms with Gasteiger partial charge in [-0.15, -0.1) is 0 Å². The Morgan fingerprint density at radius 1 is 1.19 bits per heavy atom. The molecule has 0 bridgehead atoms. The number of hydrogen-bond acceptors (Lipinski definition) is 4. The van der Waals surface area contributed by atoms with E-state index in [1.165, 1.54) is 6.07 Å². The fourth-order valence-corrected chi connectivity index (χ4v) is 5.17. The highest BCUT2D eigenvalue weighted by Gasteiger charge is 2.49. The maximum Gasteiger partial charge on any atom is 0.416 e. The van der Waals surface area contributed by atoms with Crippen molar-refractivity contribution in [3.63, 3.8) is 0 Å². The molecule has 2 aliphatic heterocycles. The predicted molar refractivity (Wildman–Crippen MR) is 125 cm³/mol. The van der Waals surface area contributed by atoms with Crippen molar-refractivity contribution >= 4 is 5.91 Å². The highest BCUT2D eigenvalue weighted by Crippen LogP contribution is 2.39. The molecule has 2 heterocycles. The lowest BCUT2D eigenvalue weighted by Gasteiger charge is -2.48. The van der Waals surface area contributed by atoms with Gasteiger partial charge in [-0.25, -0.2) is 4.39 Å². The van der Waals surface area contributed by atoms with Crippen LogP contribution in [-0.4, -0.2) is 36.0 Å². The summed E-state index contributed by atoms with van der Waals surface area (Å²) in [6.45, 7) is 1.55. The zero-order chi connectivity index (χ0) is 26.0. The standard InChI is InChI=1S/C27H29F4N3O2/c1-19(21-12-20(15-28)13-23(14-21)27(29,30)31)36-18-26(22-6-3-2-4-7-22)10-9-25(16-32,17-33-26)34-11-5-8-24(34)35/h2-4,6-7,12-14,19,33H,5,8-11,15,17-18H2,1H3/t19-,25+,26-/m1/s1. The number of nitrogens with zero attached hydrogens (tertiary/aromatic N) is 2. The number of hydrogen-bond donors (Lipinski definition) is 1. The molecular formula is C27H29F4N3O2. The van der Waals surface area contributed by atoms with Crippen LogP contribution in [0.3, 0.4) is 0 Å². The quantitative estimate of drug-likeness (QED) is 0.513. The number of nitriles is 1. The molecule has 9 heteroatoms. The largest absolute Gasteiger partial charge is 0.416 e. The van der Waals surface area contributed by atoms with Crippen LogP contribution in [0.25, 0.3) is 0 Å². The van der Waals surface area contributed by atoms with Gasteiger partial charge in [-0.2, -0.15) is 18.4 Å². The van der Waals surface area contributed by atoms with Crippen molar-refractivity contribution in [2.24, 2.45) is 0 Å². The molecule has 36 heavy (non-hydrogen) atoms. The van der Waals surface area contributed by atoms with Crippen molar-refractivity contribution in [2.45, 2.75) is 62.6 Å². The molecule has 3 atom stereocenters. The Hall–Kier alpha value is -2.96. The Kier molecular flexibility index (Phi) is 7.39. The van der Waals surface area contributed by atoms with Crippen molar-refractivity contribution in [3.8, 4) is 6.07 Å². The first-order valence-corrected chi connectivity index (χ1v) is 12.0. The summed E-state index contributed by atoms with van der Waals surface area (Å²) >= 11 is 0. The van der Waals surface area contributed by atoms with E-state index in [0.717, 1.165) is 24.1 Å². The number of halogens is 4. The smallest absolute Gasteiger partial charge is 0.372 e. The topological polar surface area (TPSA) is 65.4 Å². The SMILES string of the molecule is C[C@@H](OC[C@@]1(c2ccccc2)CC[C@@](C#N)(N2CCCC2=O)CN1)c1cc(CF)cc(C(F)(F)F)c1. The normalized spacial score (nSPS) is 25.6. The van der Waals surface area contributed by atoms with E-state index in [0.29, 0.717) is 25.8 Å². The van der Waals surface area contributed by atoms with Gasteiger partial charge in [0.05, 0.1) is 29.9 Å². The number of ether oxygens (including phenoxy) is 1. The second-order valence-electron chi connectivity index (χ2n) is 9.64. The van der Waals surface area contributed by atoms with Gasteiger partial charge in [0.1, 0.15) is 12.2 Å². The number of nitrogens with one attached hydrogen (secondary N) is 1. The molecule has 0 unspecified atom stereocenters. The van der Waals surface area contributed by atoms with Gasteiger partial charge in [0.15, 0.2) is 0 Å². The van der Waals surface area contributed by atoms with Crippen LogP contribution in [0.5, 0.6) is 0 Å². The molecule has 0 aromatic heterocycles. The van der Waals surface area contributed by atoms with E-state index in [9.17, 15) is 27.6 Å². The maximum absolute atomic E-state index is 13.3. The number of rotatable bonds is 7. The first-order valence-electron chi connectivity index (χ1n) is 12.0. The molecule has 2 aliphatic rings. The molecule has 0 radical (unpaired) electrons. The van der Waals surface area contributed by atoms with E-state index in [1.54, 1.807) is 11.8 Å². The molecule has 4 rings (SSSR count). The summed E-state index contributed by atoms with van der Waals surface area (Å²) in [6, 6.07) is 15.1. The number of carbonyl (C=O) groups excluding carboxylic acids is 1. The molecule has 192 valence electrons. The molecule has 1 amide bonds. The molecule has 1 N–H and O–H groups in total. The Morgan fingerprint density at radius 2 is 1.94 bits per heavy atom. The third kappa shape index (κ3) is 5.11. The van der Waals surface area contributed by atoms with Gasteiger partial charge < -0.3 is 15.0 Å². The molecule has 0 spiro atoms. The maximum atomic E-state index is 13.3. The van der Waals surface area contributed by atoms with Crippen molar-refractivity contribution < 1.29 is 27.1 Å². The summed E-state index contributed by atoms with van der Waals surface area (Å²) in [5.41, 5.74) is -1.46. The highest BCUT2D eigenvalue weighted by atomic mass is 19.4. The minimum atomic E-state index is -4.59. The molecule has 2 saturated heterocycles. The van der Waals surface area contributed by atoms with Gasteiger partial charge in [-0.3, -0.25) is 4.79 Å². The first kappa shape index (κ1) is 26.1. The Labute approximate surface area is 208 Å². The molecule has 2 fully saturated rings. The van der Waals surface area contributed by atoms with Crippen molar-refractivity contribution in [2.75, 3.05) is 19.7 Å². The second kappa shape index (κ2) is 10.2. The summed E-state index contributed by atoms with van der Waals surface area (Å²) in [7, 11) is 0. The number of amides is 1. The Balaban J connectivity index is 1.57.